The van der Waals surface area contributed by atoms with Crippen molar-refractivity contribution in [2.45, 2.75) is 51.2 Å². The summed E-state index contributed by atoms with van der Waals surface area (Å²) in [5.74, 6) is 1.50. The van der Waals surface area contributed by atoms with Gasteiger partial charge in [0, 0.05) is 12.4 Å². The van der Waals surface area contributed by atoms with Crippen LogP contribution in [0.1, 0.15) is 45.0 Å². The van der Waals surface area contributed by atoms with Crippen molar-refractivity contribution in [2.75, 3.05) is 0 Å². The Morgan fingerprint density at radius 2 is 2.04 bits per heavy atom. The van der Waals surface area contributed by atoms with E-state index < -0.39 is 5.60 Å². The molecule has 1 aliphatic carbocycles. The van der Waals surface area contributed by atoms with Crippen LogP contribution in [0.5, 0.6) is 0 Å². The Balaban J connectivity index is 1.65. The molecule has 1 aliphatic rings. The summed E-state index contributed by atoms with van der Waals surface area (Å²) < 4.78 is 7.21. The third-order valence-electron chi connectivity index (χ3n) is 5.04. The number of hydrogen-bond donors (Lipinski definition) is 1. The minimum Gasteiger partial charge on any atom is -0.389 e. The zero-order valence-electron chi connectivity index (χ0n) is 15.6. The van der Waals surface area contributed by atoms with Crippen molar-refractivity contribution in [2.24, 2.45) is 5.92 Å². The van der Waals surface area contributed by atoms with E-state index in [1.807, 2.05) is 6.07 Å². The van der Waals surface area contributed by atoms with Gasteiger partial charge in [-0.25, -0.2) is 4.98 Å². The summed E-state index contributed by atoms with van der Waals surface area (Å²) in [5, 5.41) is 19.0. The molecule has 0 spiro atoms. The quantitative estimate of drug-likeness (QED) is 0.651. The number of aromatic nitrogens is 5. The SMILES string of the molecule is CC(C)(O)Cn1cc(-c2nc([C@@](C)(c3ccc(Cl)nc3)C3CC3)no2)cn1. The zero-order chi connectivity index (χ0) is 19.2. The molecule has 1 fully saturated rings. The van der Waals surface area contributed by atoms with E-state index in [2.05, 4.69) is 27.1 Å². The smallest absolute Gasteiger partial charge is 0.261 e. The van der Waals surface area contributed by atoms with Crippen LogP contribution in [-0.4, -0.2) is 35.6 Å². The molecule has 3 aromatic heterocycles. The Bertz CT molecular complexity index is 940. The molecular formula is C19H22ClN5O2. The first-order valence-corrected chi connectivity index (χ1v) is 9.35. The second kappa shape index (κ2) is 6.42. The molecule has 0 saturated heterocycles. The number of aliphatic hydroxyl groups is 1. The Labute approximate surface area is 162 Å². The van der Waals surface area contributed by atoms with Gasteiger partial charge in [-0.1, -0.05) is 22.8 Å². The van der Waals surface area contributed by atoms with Crippen LogP contribution in [0.2, 0.25) is 5.15 Å². The average Bonchev–Trinajstić information content (AvgIpc) is 3.16. The van der Waals surface area contributed by atoms with Crippen molar-refractivity contribution in [3.05, 3.63) is 47.3 Å². The molecule has 0 unspecified atom stereocenters. The summed E-state index contributed by atoms with van der Waals surface area (Å²) in [4.78, 5) is 8.89. The van der Waals surface area contributed by atoms with Crippen LogP contribution in [-0.2, 0) is 12.0 Å². The normalized spacial score (nSPS) is 17.1. The average molecular weight is 388 g/mol. The van der Waals surface area contributed by atoms with E-state index in [0.29, 0.717) is 29.3 Å². The van der Waals surface area contributed by atoms with Gasteiger partial charge in [0.05, 0.1) is 29.3 Å². The predicted octanol–water partition coefficient (Wildman–Crippen LogP) is 3.47. The highest BCUT2D eigenvalue weighted by Crippen LogP contribution is 2.50. The van der Waals surface area contributed by atoms with Crippen molar-refractivity contribution >= 4 is 11.6 Å². The summed E-state index contributed by atoms with van der Waals surface area (Å²) in [6.45, 7) is 5.98. The second-order valence-corrected chi connectivity index (χ2v) is 8.40. The van der Waals surface area contributed by atoms with E-state index in [0.717, 1.165) is 24.0 Å². The van der Waals surface area contributed by atoms with E-state index in [4.69, 9.17) is 16.1 Å². The predicted molar refractivity (Wildman–Crippen MR) is 100 cm³/mol. The Morgan fingerprint density at radius 1 is 1.26 bits per heavy atom. The number of pyridine rings is 1. The highest BCUT2D eigenvalue weighted by atomic mass is 35.5. The molecule has 7 nitrogen and oxygen atoms in total. The molecule has 0 radical (unpaired) electrons. The van der Waals surface area contributed by atoms with Crippen molar-refractivity contribution < 1.29 is 9.63 Å². The van der Waals surface area contributed by atoms with Gasteiger partial charge in [-0.2, -0.15) is 10.1 Å². The first-order valence-electron chi connectivity index (χ1n) is 8.97. The lowest BCUT2D eigenvalue weighted by atomic mass is 9.78. The lowest BCUT2D eigenvalue weighted by molar-refractivity contribution is 0.0577. The van der Waals surface area contributed by atoms with Crippen molar-refractivity contribution in [3.63, 3.8) is 0 Å². The van der Waals surface area contributed by atoms with Crippen LogP contribution < -0.4 is 0 Å². The molecule has 3 aromatic rings. The fourth-order valence-electron chi connectivity index (χ4n) is 3.40. The maximum Gasteiger partial charge on any atom is 0.261 e. The van der Waals surface area contributed by atoms with Crippen LogP contribution in [0.3, 0.4) is 0 Å². The number of halogens is 1. The highest BCUT2D eigenvalue weighted by molar-refractivity contribution is 6.29. The van der Waals surface area contributed by atoms with Crippen molar-refractivity contribution in [1.29, 1.82) is 0 Å². The standard InChI is InChI=1S/C19H22ClN5O2/c1-18(2,26)11-25-10-12(8-22-25)16-23-17(24-27-16)19(3,13-4-5-13)14-6-7-15(20)21-9-14/h6-10,13,26H,4-5,11H2,1-3H3/t19-/m1/s1. The molecule has 142 valence electrons. The summed E-state index contributed by atoms with van der Waals surface area (Å²) in [5.41, 5.74) is 0.530. The maximum atomic E-state index is 9.95. The molecule has 0 amide bonds. The Morgan fingerprint density at radius 3 is 2.67 bits per heavy atom. The molecule has 27 heavy (non-hydrogen) atoms. The molecule has 0 aliphatic heterocycles. The van der Waals surface area contributed by atoms with Crippen molar-refractivity contribution in [3.8, 4) is 11.5 Å². The molecular weight excluding hydrogens is 366 g/mol. The molecule has 8 heteroatoms. The molecule has 0 bridgehead atoms. The first-order chi connectivity index (χ1) is 12.8. The van der Waals surface area contributed by atoms with E-state index >= 15 is 0 Å². The number of nitrogens with zero attached hydrogens (tertiary/aromatic N) is 5. The van der Waals surface area contributed by atoms with E-state index in [-0.39, 0.29) is 5.41 Å². The monoisotopic (exact) mass is 387 g/mol. The largest absolute Gasteiger partial charge is 0.389 e. The van der Waals surface area contributed by atoms with Crippen molar-refractivity contribution in [1.82, 2.24) is 24.9 Å². The molecule has 0 aromatic carbocycles. The fraction of sp³-hybridized carbons (Fsp3) is 0.474. The lowest BCUT2D eigenvalue weighted by Gasteiger charge is -2.26. The summed E-state index contributed by atoms with van der Waals surface area (Å²) >= 11 is 5.95. The minimum absolute atomic E-state index is 0.373. The third kappa shape index (κ3) is 3.61. The van der Waals surface area contributed by atoms with Gasteiger partial charge in [0.2, 0.25) is 0 Å². The molecule has 3 heterocycles. The van der Waals surface area contributed by atoms with Gasteiger partial charge >= 0.3 is 0 Å². The number of rotatable bonds is 6. The molecule has 1 atom stereocenters. The van der Waals surface area contributed by atoms with Gasteiger partial charge in [0.25, 0.3) is 5.89 Å². The molecule has 4 rings (SSSR count). The van der Waals surface area contributed by atoms with E-state index in [9.17, 15) is 5.11 Å². The first kappa shape index (κ1) is 18.1. The van der Waals surface area contributed by atoms with E-state index in [1.54, 1.807) is 43.2 Å². The highest BCUT2D eigenvalue weighted by Gasteiger charge is 2.47. The van der Waals surface area contributed by atoms with Gasteiger partial charge in [-0.3, -0.25) is 4.68 Å². The van der Waals surface area contributed by atoms with Crippen LogP contribution in [0, 0.1) is 5.92 Å². The van der Waals surface area contributed by atoms with Crippen LogP contribution in [0.25, 0.3) is 11.5 Å². The van der Waals surface area contributed by atoms with Crippen LogP contribution >= 0.6 is 11.6 Å². The van der Waals surface area contributed by atoms with Gasteiger partial charge in [-0.05, 0) is 51.2 Å². The third-order valence-corrected chi connectivity index (χ3v) is 5.26. The van der Waals surface area contributed by atoms with E-state index in [1.165, 1.54) is 0 Å². The van der Waals surface area contributed by atoms with Gasteiger partial charge in [-0.15, -0.1) is 0 Å². The van der Waals surface area contributed by atoms with Crippen LogP contribution in [0.15, 0.2) is 35.2 Å². The summed E-state index contributed by atoms with van der Waals surface area (Å²) in [7, 11) is 0. The minimum atomic E-state index is -0.852. The summed E-state index contributed by atoms with van der Waals surface area (Å²) in [6, 6.07) is 3.77. The Hall–Kier alpha value is -2.25. The molecule has 1 N–H and O–H groups in total. The number of hydrogen-bond acceptors (Lipinski definition) is 6. The second-order valence-electron chi connectivity index (χ2n) is 8.01. The van der Waals surface area contributed by atoms with Gasteiger partial charge in [0.1, 0.15) is 5.15 Å². The summed E-state index contributed by atoms with van der Waals surface area (Å²) in [6.07, 6.45) is 7.49. The van der Waals surface area contributed by atoms with Crippen LogP contribution in [0.4, 0.5) is 0 Å². The topological polar surface area (TPSA) is 89.9 Å². The fourth-order valence-corrected chi connectivity index (χ4v) is 3.51. The maximum absolute atomic E-state index is 9.95. The zero-order valence-corrected chi connectivity index (χ0v) is 16.3. The molecule has 1 saturated carbocycles. The van der Waals surface area contributed by atoms with Gasteiger partial charge < -0.3 is 9.63 Å². The Kier molecular flexibility index (Phi) is 4.31. The lowest BCUT2D eigenvalue weighted by Crippen LogP contribution is -2.28. The van der Waals surface area contributed by atoms with Gasteiger partial charge in [0.15, 0.2) is 5.82 Å².